The summed E-state index contributed by atoms with van der Waals surface area (Å²) < 4.78 is 24.7. The molecular formula is C10H17NO2S. The summed E-state index contributed by atoms with van der Waals surface area (Å²) in [6.45, 7) is 4.91. The molecule has 2 aliphatic rings. The van der Waals surface area contributed by atoms with Crippen LogP contribution < -0.4 is 0 Å². The molecule has 0 amide bonds. The molecule has 1 heterocycles. The molecule has 0 N–H and O–H groups in total. The van der Waals surface area contributed by atoms with E-state index in [4.69, 9.17) is 0 Å². The normalized spacial score (nSPS) is 43.1. The van der Waals surface area contributed by atoms with Crippen LogP contribution in [0.5, 0.6) is 0 Å². The van der Waals surface area contributed by atoms with E-state index in [9.17, 15) is 8.42 Å². The van der Waals surface area contributed by atoms with E-state index in [0.717, 1.165) is 12.8 Å². The Morgan fingerprint density at radius 1 is 1.21 bits per heavy atom. The van der Waals surface area contributed by atoms with Gasteiger partial charge in [0.25, 0.3) is 0 Å². The maximum Gasteiger partial charge on any atom is 0.211 e. The SMILES string of the molecule is C[C@]12CC=CC[C@@]1(C)N(S(C)(=O)=O)C2. The lowest BCUT2D eigenvalue weighted by Gasteiger charge is -2.63. The molecule has 2 atom stereocenters. The molecule has 1 saturated heterocycles. The first-order valence-corrected chi connectivity index (χ1v) is 6.77. The van der Waals surface area contributed by atoms with Crippen molar-refractivity contribution in [3.05, 3.63) is 12.2 Å². The fourth-order valence-corrected chi connectivity index (χ4v) is 4.19. The lowest BCUT2D eigenvalue weighted by atomic mass is 9.59. The molecule has 1 aliphatic heterocycles. The van der Waals surface area contributed by atoms with Gasteiger partial charge in [-0.25, -0.2) is 8.42 Å². The number of fused-ring (bicyclic) bond motifs is 1. The molecule has 1 aliphatic carbocycles. The first-order chi connectivity index (χ1) is 6.30. The summed E-state index contributed by atoms with van der Waals surface area (Å²) in [7, 11) is -3.03. The molecule has 14 heavy (non-hydrogen) atoms. The summed E-state index contributed by atoms with van der Waals surface area (Å²) in [5.74, 6) is 0. The zero-order chi connectivity index (χ0) is 10.6. The Labute approximate surface area is 85.8 Å². The highest BCUT2D eigenvalue weighted by Crippen LogP contribution is 2.54. The second-order valence-electron chi connectivity index (χ2n) is 4.98. The van der Waals surface area contributed by atoms with Crippen molar-refractivity contribution in [3.63, 3.8) is 0 Å². The largest absolute Gasteiger partial charge is 0.212 e. The lowest BCUT2D eigenvalue weighted by Crippen LogP contribution is -2.73. The highest BCUT2D eigenvalue weighted by molar-refractivity contribution is 7.88. The van der Waals surface area contributed by atoms with Crippen molar-refractivity contribution in [2.45, 2.75) is 32.2 Å². The summed E-state index contributed by atoms with van der Waals surface area (Å²) in [5, 5.41) is 0. The highest BCUT2D eigenvalue weighted by atomic mass is 32.2. The quantitative estimate of drug-likeness (QED) is 0.620. The third kappa shape index (κ3) is 1.10. The fourth-order valence-electron chi connectivity index (χ4n) is 2.64. The fraction of sp³-hybridized carbons (Fsp3) is 0.800. The third-order valence-electron chi connectivity index (χ3n) is 3.99. The van der Waals surface area contributed by atoms with E-state index in [0.29, 0.717) is 6.54 Å². The van der Waals surface area contributed by atoms with Crippen LogP contribution in [0, 0.1) is 5.41 Å². The van der Waals surface area contributed by atoms with E-state index in [1.165, 1.54) is 6.26 Å². The van der Waals surface area contributed by atoms with Gasteiger partial charge in [-0.3, -0.25) is 0 Å². The van der Waals surface area contributed by atoms with Gasteiger partial charge in [-0.15, -0.1) is 0 Å². The number of sulfonamides is 1. The predicted molar refractivity (Wildman–Crippen MR) is 56.4 cm³/mol. The van der Waals surface area contributed by atoms with Crippen molar-refractivity contribution in [1.82, 2.24) is 4.31 Å². The van der Waals surface area contributed by atoms with Gasteiger partial charge in [0.05, 0.1) is 6.26 Å². The van der Waals surface area contributed by atoms with Gasteiger partial charge in [-0.05, 0) is 19.8 Å². The predicted octanol–water partition coefficient (Wildman–Crippen LogP) is 1.38. The highest BCUT2D eigenvalue weighted by Gasteiger charge is 2.61. The van der Waals surface area contributed by atoms with E-state index in [1.54, 1.807) is 4.31 Å². The van der Waals surface area contributed by atoms with Crippen molar-refractivity contribution in [2.24, 2.45) is 5.41 Å². The molecule has 0 bridgehead atoms. The van der Waals surface area contributed by atoms with Crippen LogP contribution >= 0.6 is 0 Å². The minimum atomic E-state index is -3.03. The molecule has 1 fully saturated rings. The Kier molecular flexibility index (Phi) is 1.90. The van der Waals surface area contributed by atoms with Gasteiger partial charge in [-0.1, -0.05) is 19.1 Å². The first kappa shape index (κ1) is 10.2. The topological polar surface area (TPSA) is 37.4 Å². The van der Waals surface area contributed by atoms with E-state index >= 15 is 0 Å². The molecule has 0 aromatic heterocycles. The molecule has 80 valence electrons. The molecule has 0 unspecified atom stereocenters. The molecular weight excluding hydrogens is 198 g/mol. The number of hydrogen-bond donors (Lipinski definition) is 0. The zero-order valence-electron chi connectivity index (χ0n) is 8.95. The summed E-state index contributed by atoms with van der Waals surface area (Å²) in [6.07, 6.45) is 7.41. The van der Waals surface area contributed by atoms with Crippen molar-refractivity contribution in [3.8, 4) is 0 Å². The van der Waals surface area contributed by atoms with Gasteiger partial charge in [0.1, 0.15) is 0 Å². The van der Waals surface area contributed by atoms with Gasteiger partial charge in [-0.2, -0.15) is 4.31 Å². The van der Waals surface area contributed by atoms with Gasteiger partial charge in [0.2, 0.25) is 10.0 Å². The molecule has 0 radical (unpaired) electrons. The Morgan fingerprint density at radius 2 is 1.79 bits per heavy atom. The first-order valence-electron chi connectivity index (χ1n) is 4.92. The van der Waals surface area contributed by atoms with Crippen LogP contribution in [0.15, 0.2) is 12.2 Å². The minimum absolute atomic E-state index is 0.144. The number of allylic oxidation sites excluding steroid dienone is 1. The van der Waals surface area contributed by atoms with Crippen molar-refractivity contribution >= 4 is 10.0 Å². The summed E-state index contributed by atoms with van der Waals surface area (Å²) in [5.41, 5.74) is -0.0415. The van der Waals surface area contributed by atoms with Crippen molar-refractivity contribution < 1.29 is 8.42 Å². The average Bonchev–Trinajstić information content (AvgIpc) is 2.04. The number of hydrogen-bond acceptors (Lipinski definition) is 2. The molecule has 2 rings (SSSR count). The Morgan fingerprint density at radius 3 is 2.29 bits per heavy atom. The number of rotatable bonds is 1. The van der Waals surface area contributed by atoms with Crippen molar-refractivity contribution in [2.75, 3.05) is 12.8 Å². The molecule has 0 aromatic rings. The van der Waals surface area contributed by atoms with E-state index in [2.05, 4.69) is 26.0 Å². The second kappa shape index (κ2) is 2.61. The Hall–Kier alpha value is -0.350. The molecule has 0 aromatic carbocycles. The zero-order valence-corrected chi connectivity index (χ0v) is 9.76. The standard InChI is InChI=1S/C10H17NO2S/c1-9-6-4-5-7-10(9,2)11(8-9)14(3,12)13/h4-5H,6-8H2,1-3H3/t9-,10-/m1/s1. The maximum atomic E-state index is 11.5. The minimum Gasteiger partial charge on any atom is -0.212 e. The van der Waals surface area contributed by atoms with Crippen LogP contribution in [0.1, 0.15) is 26.7 Å². The number of nitrogens with zero attached hydrogens (tertiary/aromatic N) is 1. The Balaban J connectivity index is 2.36. The summed E-state index contributed by atoms with van der Waals surface area (Å²) in [6, 6.07) is 0. The maximum absolute atomic E-state index is 11.5. The van der Waals surface area contributed by atoms with Crippen LogP contribution in [0.25, 0.3) is 0 Å². The summed E-state index contributed by atoms with van der Waals surface area (Å²) >= 11 is 0. The van der Waals surface area contributed by atoms with E-state index in [1.807, 2.05) is 0 Å². The smallest absolute Gasteiger partial charge is 0.211 e. The van der Waals surface area contributed by atoms with Gasteiger partial charge >= 0.3 is 0 Å². The summed E-state index contributed by atoms with van der Waals surface area (Å²) in [4.78, 5) is 0. The monoisotopic (exact) mass is 215 g/mol. The van der Waals surface area contributed by atoms with Crippen molar-refractivity contribution in [1.29, 1.82) is 0 Å². The molecule has 0 saturated carbocycles. The lowest BCUT2D eigenvalue weighted by molar-refractivity contribution is -0.0803. The van der Waals surface area contributed by atoms with E-state index < -0.39 is 10.0 Å². The van der Waals surface area contributed by atoms with Crippen LogP contribution in [0.3, 0.4) is 0 Å². The van der Waals surface area contributed by atoms with Crippen LogP contribution in [-0.4, -0.2) is 31.1 Å². The van der Waals surface area contributed by atoms with Gasteiger partial charge in [0.15, 0.2) is 0 Å². The van der Waals surface area contributed by atoms with Gasteiger partial charge < -0.3 is 0 Å². The molecule has 0 spiro atoms. The molecule has 3 nitrogen and oxygen atoms in total. The van der Waals surface area contributed by atoms with Crippen LogP contribution in [0.4, 0.5) is 0 Å². The average molecular weight is 215 g/mol. The second-order valence-corrected chi connectivity index (χ2v) is 6.89. The Bertz CT molecular complexity index is 387. The van der Waals surface area contributed by atoms with E-state index in [-0.39, 0.29) is 11.0 Å². The van der Waals surface area contributed by atoms with Crippen LogP contribution in [-0.2, 0) is 10.0 Å². The van der Waals surface area contributed by atoms with Gasteiger partial charge in [0, 0.05) is 17.5 Å². The third-order valence-corrected chi connectivity index (χ3v) is 5.33. The molecule has 4 heteroatoms. The van der Waals surface area contributed by atoms with Crippen LogP contribution in [0.2, 0.25) is 0 Å².